The first-order chi connectivity index (χ1) is 10.1. The van der Waals surface area contributed by atoms with Gasteiger partial charge in [0, 0.05) is 6.54 Å². The van der Waals surface area contributed by atoms with Crippen molar-refractivity contribution in [3.63, 3.8) is 0 Å². The number of hydrogen-bond acceptors (Lipinski definition) is 4. The van der Waals surface area contributed by atoms with Gasteiger partial charge in [0.15, 0.2) is 11.5 Å². The van der Waals surface area contributed by atoms with Crippen LogP contribution in [0, 0.1) is 5.92 Å². The van der Waals surface area contributed by atoms with Crippen molar-refractivity contribution in [1.82, 2.24) is 5.32 Å². The van der Waals surface area contributed by atoms with Gasteiger partial charge in [-0.25, -0.2) is 0 Å². The normalized spacial score (nSPS) is 22.1. The highest BCUT2D eigenvalue weighted by Gasteiger charge is 2.19. The van der Waals surface area contributed by atoms with E-state index in [1.54, 1.807) is 14.2 Å². The largest absolute Gasteiger partial charge is 0.493 e. The molecule has 2 rings (SSSR count). The molecule has 5 heteroatoms. The van der Waals surface area contributed by atoms with Crippen molar-refractivity contribution in [1.29, 1.82) is 0 Å². The molecular weight excluding hydrogens is 334 g/mol. The molecular formula is C16H24BrNO3. The molecule has 0 heterocycles. The number of halogens is 1. The molecule has 0 saturated heterocycles. The molecule has 118 valence electrons. The topological polar surface area (TPSA) is 50.7 Å². The van der Waals surface area contributed by atoms with E-state index in [1.807, 2.05) is 12.1 Å². The second-order valence-corrected chi connectivity index (χ2v) is 6.48. The Labute approximate surface area is 135 Å². The third-order valence-corrected chi connectivity index (χ3v) is 4.60. The molecule has 2 atom stereocenters. The molecule has 21 heavy (non-hydrogen) atoms. The van der Waals surface area contributed by atoms with Crippen LogP contribution in [0.2, 0.25) is 0 Å². The summed E-state index contributed by atoms with van der Waals surface area (Å²) >= 11 is 3.51. The Bertz CT molecular complexity index is 467. The second-order valence-electron chi connectivity index (χ2n) is 5.63. The summed E-state index contributed by atoms with van der Waals surface area (Å²) in [5.41, 5.74) is 1.15. The Hall–Kier alpha value is -0.780. The van der Waals surface area contributed by atoms with E-state index in [2.05, 4.69) is 21.2 Å². The van der Waals surface area contributed by atoms with E-state index in [9.17, 15) is 5.11 Å². The van der Waals surface area contributed by atoms with Gasteiger partial charge in [-0.05, 0) is 65.4 Å². The summed E-state index contributed by atoms with van der Waals surface area (Å²) in [7, 11) is 3.28. The number of methoxy groups -OCH3 is 2. The maximum Gasteiger partial charge on any atom is 0.174 e. The zero-order chi connectivity index (χ0) is 15.2. The van der Waals surface area contributed by atoms with Crippen molar-refractivity contribution < 1.29 is 14.6 Å². The molecule has 0 aliphatic heterocycles. The lowest BCUT2D eigenvalue weighted by Gasteiger charge is -2.26. The molecule has 1 aromatic carbocycles. The van der Waals surface area contributed by atoms with Crippen LogP contribution in [-0.2, 0) is 6.54 Å². The van der Waals surface area contributed by atoms with Crippen molar-refractivity contribution in [2.75, 3.05) is 20.8 Å². The summed E-state index contributed by atoms with van der Waals surface area (Å²) in [4.78, 5) is 0. The quantitative estimate of drug-likeness (QED) is 0.821. The maximum absolute atomic E-state index is 9.69. The second kappa shape index (κ2) is 8.01. The van der Waals surface area contributed by atoms with Gasteiger partial charge in [0.05, 0.1) is 24.8 Å². The van der Waals surface area contributed by atoms with Crippen LogP contribution in [0.5, 0.6) is 11.5 Å². The summed E-state index contributed by atoms with van der Waals surface area (Å²) < 4.78 is 11.6. The predicted octanol–water partition coefficient (Wildman–Crippen LogP) is 3.11. The van der Waals surface area contributed by atoms with E-state index < -0.39 is 0 Å². The Kier molecular flexibility index (Phi) is 6.33. The molecule has 0 aromatic heterocycles. The molecule has 2 N–H and O–H groups in total. The molecule has 1 saturated carbocycles. The summed E-state index contributed by atoms with van der Waals surface area (Å²) in [5, 5.41) is 13.2. The molecule has 4 nitrogen and oxygen atoms in total. The van der Waals surface area contributed by atoms with Crippen LogP contribution in [-0.4, -0.2) is 32.0 Å². The number of rotatable bonds is 6. The minimum atomic E-state index is -0.110. The lowest BCUT2D eigenvalue weighted by atomic mass is 9.87. The van der Waals surface area contributed by atoms with Gasteiger partial charge in [0.2, 0.25) is 0 Å². The Morgan fingerprint density at radius 1 is 1.29 bits per heavy atom. The van der Waals surface area contributed by atoms with Crippen LogP contribution >= 0.6 is 15.9 Å². The van der Waals surface area contributed by atoms with Crippen molar-refractivity contribution in [2.45, 2.75) is 38.3 Å². The fourth-order valence-electron chi connectivity index (χ4n) is 2.94. The van der Waals surface area contributed by atoms with Crippen LogP contribution in [0.4, 0.5) is 0 Å². The average molecular weight is 358 g/mol. The molecule has 0 radical (unpaired) electrons. The third kappa shape index (κ3) is 4.59. The van der Waals surface area contributed by atoms with E-state index in [0.29, 0.717) is 5.92 Å². The lowest BCUT2D eigenvalue weighted by Crippen LogP contribution is -2.28. The fraction of sp³-hybridized carbons (Fsp3) is 0.625. The first kappa shape index (κ1) is 16.6. The lowest BCUT2D eigenvalue weighted by molar-refractivity contribution is 0.101. The summed E-state index contributed by atoms with van der Waals surface area (Å²) in [6.45, 7) is 1.73. The number of nitrogens with one attached hydrogen (secondary N) is 1. The van der Waals surface area contributed by atoms with E-state index in [0.717, 1.165) is 53.9 Å². The van der Waals surface area contributed by atoms with Crippen molar-refractivity contribution in [3.05, 3.63) is 22.2 Å². The monoisotopic (exact) mass is 357 g/mol. The van der Waals surface area contributed by atoms with E-state index in [1.165, 1.54) is 6.42 Å². The van der Waals surface area contributed by atoms with Gasteiger partial charge < -0.3 is 19.9 Å². The smallest absolute Gasteiger partial charge is 0.174 e. The Balaban J connectivity index is 1.89. The van der Waals surface area contributed by atoms with Crippen LogP contribution in [0.25, 0.3) is 0 Å². The maximum atomic E-state index is 9.69. The van der Waals surface area contributed by atoms with Crippen LogP contribution in [0.15, 0.2) is 16.6 Å². The minimum absolute atomic E-state index is 0.110. The molecule has 1 aliphatic carbocycles. The first-order valence-corrected chi connectivity index (χ1v) is 8.22. The van der Waals surface area contributed by atoms with Crippen molar-refractivity contribution >= 4 is 15.9 Å². The number of aliphatic hydroxyl groups is 1. The molecule has 0 spiro atoms. The highest BCUT2D eigenvalue weighted by molar-refractivity contribution is 9.10. The number of hydrogen-bond donors (Lipinski definition) is 2. The summed E-state index contributed by atoms with van der Waals surface area (Å²) in [5.74, 6) is 2.03. The number of aliphatic hydroxyl groups excluding tert-OH is 1. The van der Waals surface area contributed by atoms with E-state index >= 15 is 0 Å². The van der Waals surface area contributed by atoms with E-state index in [4.69, 9.17) is 9.47 Å². The van der Waals surface area contributed by atoms with Gasteiger partial charge in [-0.2, -0.15) is 0 Å². The molecule has 0 amide bonds. The van der Waals surface area contributed by atoms with Crippen molar-refractivity contribution in [3.8, 4) is 11.5 Å². The van der Waals surface area contributed by atoms with Crippen LogP contribution in [0.3, 0.4) is 0 Å². The van der Waals surface area contributed by atoms with E-state index in [-0.39, 0.29) is 6.10 Å². The Morgan fingerprint density at radius 3 is 2.76 bits per heavy atom. The predicted molar refractivity (Wildman–Crippen MR) is 86.9 cm³/mol. The van der Waals surface area contributed by atoms with Crippen LogP contribution in [0.1, 0.15) is 31.2 Å². The molecule has 1 fully saturated rings. The molecule has 0 bridgehead atoms. The Morgan fingerprint density at radius 2 is 2.10 bits per heavy atom. The van der Waals surface area contributed by atoms with Gasteiger partial charge in [0.1, 0.15) is 0 Å². The molecule has 1 aromatic rings. The van der Waals surface area contributed by atoms with Gasteiger partial charge in [-0.15, -0.1) is 0 Å². The zero-order valence-corrected chi connectivity index (χ0v) is 14.3. The summed E-state index contributed by atoms with van der Waals surface area (Å²) in [6.07, 6.45) is 4.11. The zero-order valence-electron chi connectivity index (χ0n) is 12.7. The molecule has 2 unspecified atom stereocenters. The standard InChI is InChI=1S/C16H24BrNO3/c1-20-15-8-12(7-14(17)16(15)21-2)10-18-9-11-4-3-5-13(19)6-11/h7-8,11,13,18-19H,3-6,9-10H2,1-2H3. The SMILES string of the molecule is COc1cc(CNCC2CCCC(O)C2)cc(Br)c1OC. The fourth-order valence-corrected chi connectivity index (χ4v) is 3.59. The number of benzene rings is 1. The van der Waals surface area contributed by atoms with Gasteiger partial charge in [-0.1, -0.05) is 6.42 Å². The third-order valence-electron chi connectivity index (χ3n) is 4.01. The first-order valence-electron chi connectivity index (χ1n) is 7.43. The highest BCUT2D eigenvalue weighted by Crippen LogP contribution is 2.36. The molecule has 1 aliphatic rings. The van der Waals surface area contributed by atoms with Crippen LogP contribution < -0.4 is 14.8 Å². The number of ether oxygens (including phenoxy) is 2. The minimum Gasteiger partial charge on any atom is -0.493 e. The van der Waals surface area contributed by atoms with Gasteiger partial charge in [0.25, 0.3) is 0 Å². The average Bonchev–Trinajstić information content (AvgIpc) is 2.46. The highest BCUT2D eigenvalue weighted by atomic mass is 79.9. The van der Waals surface area contributed by atoms with Crippen molar-refractivity contribution in [2.24, 2.45) is 5.92 Å². The van der Waals surface area contributed by atoms with Gasteiger partial charge in [-0.3, -0.25) is 0 Å². The summed E-state index contributed by atoms with van der Waals surface area (Å²) in [6, 6.07) is 4.04. The van der Waals surface area contributed by atoms with Gasteiger partial charge >= 0.3 is 0 Å².